The van der Waals surface area contributed by atoms with Crippen LogP contribution in [0.3, 0.4) is 0 Å². The number of thiophene rings is 1. The van der Waals surface area contributed by atoms with Gasteiger partial charge in [0.05, 0.1) is 0 Å². The van der Waals surface area contributed by atoms with Crippen LogP contribution in [0.2, 0.25) is 0 Å². The molecular weight excluding hydrogens is 214 g/mol. The second kappa shape index (κ2) is 5.28. The number of nitrogens with two attached hydrogens (primary N) is 1. The highest BCUT2D eigenvalue weighted by molar-refractivity contribution is 7.10. The van der Waals surface area contributed by atoms with Gasteiger partial charge >= 0.3 is 0 Å². The number of hydrogen-bond acceptors (Lipinski definition) is 2. The Kier molecular flexibility index (Phi) is 3.75. The normalized spacial score (nSPS) is 10.6. The van der Waals surface area contributed by atoms with Crippen LogP contribution in [0.25, 0.3) is 11.1 Å². The zero-order valence-electron chi connectivity index (χ0n) is 9.57. The Labute approximate surface area is 101 Å². The van der Waals surface area contributed by atoms with Gasteiger partial charge in [-0.25, -0.2) is 0 Å². The number of hydrogen-bond donors (Lipinski definition) is 1. The van der Waals surface area contributed by atoms with Crippen LogP contribution in [-0.4, -0.2) is 0 Å². The summed E-state index contributed by atoms with van der Waals surface area (Å²) in [5.41, 5.74) is 9.65. The molecule has 0 saturated heterocycles. The third kappa shape index (κ3) is 2.52. The molecule has 0 bridgehead atoms. The molecule has 0 fully saturated rings. The maximum atomic E-state index is 5.63. The van der Waals surface area contributed by atoms with Crippen LogP contribution >= 0.6 is 11.3 Å². The van der Waals surface area contributed by atoms with Crippen LogP contribution in [0.4, 0.5) is 0 Å². The molecule has 0 amide bonds. The zero-order valence-corrected chi connectivity index (χ0v) is 10.4. The van der Waals surface area contributed by atoms with Gasteiger partial charge in [-0.1, -0.05) is 37.6 Å². The average molecular weight is 231 g/mol. The molecule has 2 rings (SSSR count). The van der Waals surface area contributed by atoms with Gasteiger partial charge in [-0.15, -0.1) is 11.3 Å². The quantitative estimate of drug-likeness (QED) is 0.850. The minimum atomic E-state index is 0.638. The summed E-state index contributed by atoms with van der Waals surface area (Å²) in [6.07, 6.45) is 2.35. The Morgan fingerprint density at radius 1 is 1.19 bits per heavy atom. The van der Waals surface area contributed by atoms with Gasteiger partial charge in [0, 0.05) is 11.4 Å². The van der Waals surface area contributed by atoms with E-state index in [9.17, 15) is 0 Å². The summed E-state index contributed by atoms with van der Waals surface area (Å²) in [4.78, 5) is 1.25. The highest BCUT2D eigenvalue weighted by Gasteiger charge is 2.02. The van der Waals surface area contributed by atoms with Crippen molar-refractivity contribution in [1.29, 1.82) is 0 Å². The highest BCUT2D eigenvalue weighted by Crippen LogP contribution is 2.26. The monoisotopic (exact) mass is 231 g/mol. The van der Waals surface area contributed by atoms with Gasteiger partial charge in [-0.05, 0) is 34.6 Å². The first kappa shape index (κ1) is 11.4. The van der Waals surface area contributed by atoms with Crippen LogP contribution in [0.1, 0.15) is 23.8 Å². The maximum absolute atomic E-state index is 5.63. The maximum Gasteiger partial charge on any atom is 0.0274 e. The molecule has 0 saturated carbocycles. The lowest BCUT2D eigenvalue weighted by atomic mass is 10.0. The van der Waals surface area contributed by atoms with Crippen molar-refractivity contribution in [2.75, 3.05) is 0 Å². The van der Waals surface area contributed by atoms with Crippen LogP contribution in [0, 0.1) is 0 Å². The Balaban J connectivity index is 2.28. The number of benzene rings is 1. The van der Waals surface area contributed by atoms with E-state index in [2.05, 4.69) is 42.6 Å². The van der Waals surface area contributed by atoms with Crippen LogP contribution in [-0.2, 0) is 13.0 Å². The molecule has 0 atom stereocenters. The van der Waals surface area contributed by atoms with Crippen molar-refractivity contribution in [3.8, 4) is 11.1 Å². The van der Waals surface area contributed by atoms with E-state index in [1.165, 1.54) is 28.0 Å². The second-order valence-electron chi connectivity index (χ2n) is 3.96. The first-order valence-electron chi connectivity index (χ1n) is 5.70. The van der Waals surface area contributed by atoms with E-state index in [0.29, 0.717) is 6.54 Å². The van der Waals surface area contributed by atoms with Gasteiger partial charge < -0.3 is 5.73 Å². The van der Waals surface area contributed by atoms with Crippen molar-refractivity contribution in [2.45, 2.75) is 26.3 Å². The van der Waals surface area contributed by atoms with Crippen LogP contribution in [0.15, 0.2) is 35.7 Å². The first-order valence-corrected chi connectivity index (χ1v) is 6.58. The Bertz CT molecular complexity index is 459. The van der Waals surface area contributed by atoms with Gasteiger partial charge in [0.15, 0.2) is 0 Å². The number of aryl methyl sites for hydroxylation is 1. The molecule has 0 radical (unpaired) electrons. The Morgan fingerprint density at radius 3 is 2.75 bits per heavy atom. The van der Waals surface area contributed by atoms with Gasteiger partial charge in [-0.3, -0.25) is 0 Å². The molecule has 1 aromatic carbocycles. The van der Waals surface area contributed by atoms with Crippen molar-refractivity contribution < 1.29 is 0 Å². The fourth-order valence-electron chi connectivity index (χ4n) is 1.83. The summed E-state index contributed by atoms with van der Waals surface area (Å²) in [5.74, 6) is 0. The molecule has 0 spiro atoms. The van der Waals surface area contributed by atoms with Crippen molar-refractivity contribution in [1.82, 2.24) is 0 Å². The predicted octanol–water partition coefficient (Wildman–Crippen LogP) is 3.83. The highest BCUT2D eigenvalue weighted by atomic mass is 32.1. The van der Waals surface area contributed by atoms with E-state index in [-0.39, 0.29) is 0 Å². The van der Waals surface area contributed by atoms with Crippen LogP contribution in [0.5, 0.6) is 0 Å². The SMILES string of the molecule is CCCc1cccc(-c2csc(CN)c2)c1. The molecule has 2 N–H and O–H groups in total. The first-order chi connectivity index (χ1) is 7.83. The lowest BCUT2D eigenvalue weighted by Crippen LogP contribution is -1.91. The molecular formula is C14H17NS. The van der Waals surface area contributed by atoms with Gasteiger partial charge in [-0.2, -0.15) is 0 Å². The molecule has 2 aromatic rings. The lowest BCUT2D eigenvalue weighted by Gasteiger charge is -2.02. The van der Waals surface area contributed by atoms with E-state index in [4.69, 9.17) is 5.73 Å². The summed E-state index contributed by atoms with van der Waals surface area (Å²) in [6, 6.07) is 11.0. The standard InChI is InChI=1S/C14H17NS/c1-2-4-11-5-3-6-12(7-11)13-8-14(9-15)16-10-13/h3,5-8,10H,2,4,9,15H2,1H3. The lowest BCUT2D eigenvalue weighted by molar-refractivity contribution is 0.922. The minimum Gasteiger partial charge on any atom is -0.326 e. The van der Waals surface area contributed by atoms with Crippen molar-refractivity contribution in [3.63, 3.8) is 0 Å². The molecule has 16 heavy (non-hydrogen) atoms. The van der Waals surface area contributed by atoms with Gasteiger partial charge in [0.25, 0.3) is 0 Å². The summed E-state index contributed by atoms with van der Waals surface area (Å²) in [6.45, 7) is 2.85. The van der Waals surface area contributed by atoms with Crippen molar-refractivity contribution in [2.24, 2.45) is 5.73 Å². The Morgan fingerprint density at radius 2 is 2.06 bits per heavy atom. The molecule has 0 unspecified atom stereocenters. The molecule has 1 heterocycles. The third-order valence-electron chi connectivity index (χ3n) is 2.65. The third-order valence-corrected chi connectivity index (χ3v) is 3.61. The van der Waals surface area contributed by atoms with E-state index in [1.807, 2.05) is 0 Å². The minimum absolute atomic E-state index is 0.638. The molecule has 1 aromatic heterocycles. The van der Waals surface area contributed by atoms with E-state index >= 15 is 0 Å². The fourth-order valence-corrected chi connectivity index (χ4v) is 2.61. The largest absolute Gasteiger partial charge is 0.326 e. The molecule has 0 aliphatic carbocycles. The van der Waals surface area contributed by atoms with Gasteiger partial charge in [0.1, 0.15) is 0 Å². The average Bonchev–Trinajstić information content (AvgIpc) is 2.78. The second-order valence-corrected chi connectivity index (χ2v) is 4.95. The number of rotatable bonds is 4. The van der Waals surface area contributed by atoms with Crippen molar-refractivity contribution >= 4 is 11.3 Å². The predicted molar refractivity (Wildman–Crippen MR) is 71.6 cm³/mol. The molecule has 84 valence electrons. The summed E-state index contributed by atoms with van der Waals surface area (Å²) in [5, 5.41) is 2.19. The van der Waals surface area contributed by atoms with E-state index in [1.54, 1.807) is 11.3 Å². The fraction of sp³-hybridized carbons (Fsp3) is 0.286. The molecule has 2 heteroatoms. The van der Waals surface area contributed by atoms with Crippen molar-refractivity contribution in [3.05, 3.63) is 46.2 Å². The van der Waals surface area contributed by atoms with Crippen LogP contribution < -0.4 is 5.73 Å². The molecule has 1 nitrogen and oxygen atoms in total. The summed E-state index contributed by atoms with van der Waals surface area (Å²) in [7, 11) is 0. The topological polar surface area (TPSA) is 26.0 Å². The molecule has 0 aliphatic rings. The Hall–Kier alpha value is -1.12. The van der Waals surface area contributed by atoms with Gasteiger partial charge in [0.2, 0.25) is 0 Å². The molecule has 0 aliphatic heterocycles. The summed E-state index contributed by atoms with van der Waals surface area (Å²) >= 11 is 1.74. The van der Waals surface area contributed by atoms with E-state index < -0.39 is 0 Å². The smallest absolute Gasteiger partial charge is 0.0274 e. The van der Waals surface area contributed by atoms with E-state index in [0.717, 1.165) is 6.42 Å². The zero-order chi connectivity index (χ0) is 11.4. The summed E-state index contributed by atoms with van der Waals surface area (Å²) < 4.78 is 0.